The van der Waals surface area contributed by atoms with Crippen LogP contribution in [0, 0.1) is 0 Å². The average Bonchev–Trinajstić information content (AvgIpc) is 2.08. The molecule has 102 valence electrons. The minimum atomic E-state index is -4.04. The fourth-order valence-corrected chi connectivity index (χ4v) is 4.78. The predicted molar refractivity (Wildman–Crippen MR) is 62.5 cm³/mol. The number of carbonyl (C=O) groups is 1. The van der Waals surface area contributed by atoms with Gasteiger partial charge in [0.2, 0.25) is 10.0 Å². The maximum atomic E-state index is 11.8. The molecule has 7 nitrogen and oxygen atoms in total. The van der Waals surface area contributed by atoms with Crippen molar-refractivity contribution in [1.82, 2.24) is 4.31 Å². The van der Waals surface area contributed by atoms with Crippen LogP contribution < -0.4 is 0 Å². The number of esters is 1. The van der Waals surface area contributed by atoms with Crippen LogP contribution in [0.15, 0.2) is 0 Å². The number of rotatable bonds is 6. The Balaban J connectivity index is 5.13. The quantitative estimate of drug-likeness (QED) is 0.593. The molecule has 0 saturated heterocycles. The molecule has 0 spiro atoms. The monoisotopic (exact) mass is 287 g/mol. The van der Waals surface area contributed by atoms with Crippen LogP contribution in [0.2, 0.25) is 0 Å². The molecular weight excluding hydrogens is 270 g/mol. The Bertz CT molecular complexity index is 464. The van der Waals surface area contributed by atoms with Crippen molar-refractivity contribution in [2.45, 2.75) is 19.9 Å². The molecule has 0 amide bonds. The van der Waals surface area contributed by atoms with Gasteiger partial charge in [0, 0.05) is 12.3 Å². The zero-order valence-corrected chi connectivity index (χ0v) is 11.8. The zero-order valence-electron chi connectivity index (χ0n) is 10.2. The molecule has 0 fully saturated rings. The second-order valence-electron chi connectivity index (χ2n) is 3.87. The van der Waals surface area contributed by atoms with Crippen LogP contribution in [0.25, 0.3) is 0 Å². The van der Waals surface area contributed by atoms with E-state index >= 15 is 0 Å². The lowest BCUT2D eigenvalue weighted by atomic mass is 10.4. The van der Waals surface area contributed by atoms with Crippen molar-refractivity contribution in [3.05, 3.63) is 0 Å². The summed E-state index contributed by atoms with van der Waals surface area (Å²) in [6, 6.07) is -0.527. The van der Waals surface area contributed by atoms with Crippen molar-refractivity contribution in [2.75, 3.05) is 25.0 Å². The van der Waals surface area contributed by atoms with Gasteiger partial charge in [-0.25, -0.2) is 16.8 Å². The van der Waals surface area contributed by atoms with E-state index in [9.17, 15) is 21.6 Å². The highest BCUT2D eigenvalue weighted by Gasteiger charge is 2.30. The van der Waals surface area contributed by atoms with Gasteiger partial charge >= 0.3 is 5.97 Å². The number of hydrogen-bond acceptors (Lipinski definition) is 6. The molecule has 0 aromatic rings. The topological polar surface area (TPSA) is 97.8 Å². The van der Waals surface area contributed by atoms with E-state index in [1.807, 2.05) is 0 Å². The van der Waals surface area contributed by atoms with Gasteiger partial charge in [0.1, 0.15) is 6.54 Å². The van der Waals surface area contributed by atoms with Crippen LogP contribution in [0.4, 0.5) is 0 Å². The highest BCUT2D eigenvalue weighted by molar-refractivity contribution is 8.06. The second-order valence-corrected chi connectivity index (χ2v) is 8.30. The van der Waals surface area contributed by atoms with Gasteiger partial charge in [0.15, 0.2) is 14.9 Å². The first-order chi connectivity index (χ1) is 7.49. The molecular formula is C8H17NO6S2. The number of carbonyl (C=O) groups excluding carboxylic acids is 1. The summed E-state index contributed by atoms with van der Waals surface area (Å²) in [5.41, 5.74) is 0. The third-order valence-electron chi connectivity index (χ3n) is 1.81. The van der Waals surface area contributed by atoms with Gasteiger partial charge in [-0.2, -0.15) is 4.31 Å². The Morgan fingerprint density at radius 2 is 1.71 bits per heavy atom. The molecule has 17 heavy (non-hydrogen) atoms. The fraction of sp³-hybridized carbons (Fsp3) is 0.875. The van der Waals surface area contributed by atoms with Gasteiger partial charge in [0.25, 0.3) is 0 Å². The smallest absolute Gasteiger partial charge is 0.321 e. The molecule has 0 aliphatic heterocycles. The third-order valence-corrected chi connectivity index (χ3v) is 5.98. The van der Waals surface area contributed by atoms with E-state index in [0.717, 1.165) is 17.7 Å². The SMILES string of the molecule is COC(=O)CN(C(C)C)S(=O)(=O)CS(C)(=O)=O. The van der Waals surface area contributed by atoms with E-state index in [4.69, 9.17) is 0 Å². The van der Waals surface area contributed by atoms with E-state index in [0.29, 0.717) is 0 Å². The van der Waals surface area contributed by atoms with Crippen LogP contribution in [-0.2, 0) is 29.4 Å². The summed E-state index contributed by atoms with van der Waals surface area (Å²) < 4.78 is 50.7. The van der Waals surface area contributed by atoms with Crippen LogP contribution in [0.5, 0.6) is 0 Å². The molecule has 0 N–H and O–H groups in total. The summed E-state index contributed by atoms with van der Waals surface area (Å²) in [4.78, 5) is 11.1. The number of sulfonamides is 1. The maximum Gasteiger partial charge on any atom is 0.321 e. The number of hydrogen-bond donors (Lipinski definition) is 0. The highest BCUT2D eigenvalue weighted by atomic mass is 32.3. The first-order valence-electron chi connectivity index (χ1n) is 4.73. The molecule has 0 bridgehead atoms. The summed E-state index contributed by atoms with van der Waals surface area (Å²) >= 11 is 0. The zero-order chi connectivity index (χ0) is 13.9. The van der Waals surface area contributed by atoms with Gasteiger partial charge in [0.05, 0.1) is 7.11 Å². The minimum absolute atomic E-state index is 0.494. The molecule has 0 aromatic carbocycles. The van der Waals surface area contributed by atoms with E-state index in [2.05, 4.69) is 4.74 Å². The van der Waals surface area contributed by atoms with E-state index in [-0.39, 0.29) is 0 Å². The van der Waals surface area contributed by atoms with Crippen LogP contribution >= 0.6 is 0 Å². The Kier molecular flexibility index (Phi) is 5.56. The average molecular weight is 287 g/mol. The summed E-state index contributed by atoms with van der Waals surface area (Å²) in [5, 5.41) is -1.02. The van der Waals surface area contributed by atoms with Crippen LogP contribution in [0.1, 0.15) is 13.8 Å². The molecule has 0 rings (SSSR count). The Labute approximate surface area is 102 Å². The standard InChI is InChI=1S/C8H17NO6S2/c1-7(2)9(5-8(10)15-3)17(13,14)6-16(4,11)12/h7H,5-6H2,1-4H3. The van der Waals surface area contributed by atoms with Crippen molar-refractivity contribution in [2.24, 2.45) is 0 Å². The first-order valence-corrected chi connectivity index (χ1v) is 8.40. The largest absolute Gasteiger partial charge is 0.468 e. The number of ether oxygens (including phenoxy) is 1. The lowest BCUT2D eigenvalue weighted by Crippen LogP contribution is -2.43. The Hall–Kier alpha value is -0.670. The summed E-state index contributed by atoms with van der Waals surface area (Å²) in [6.07, 6.45) is 0.821. The Morgan fingerprint density at radius 1 is 1.24 bits per heavy atom. The highest BCUT2D eigenvalue weighted by Crippen LogP contribution is 2.09. The lowest BCUT2D eigenvalue weighted by Gasteiger charge is -2.24. The van der Waals surface area contributed by atoms with Gasteiger partial charge in [-0.3, -0.25) is 4.79 Å². The summed E-state index contributed by atoms with van der Waals surface area (Å²) in [5.74, 6) is -0.740. The molecule has 0 atom stereocenters. The van der Waals surface area contributed by atoms with Gasteiger partial charge < -0.3 is 4.74 Å². The normalized spacial score (nSPS) is 13.1. The van der Waals surface area contributed by atoms with Crippen LogP contribution in [0.3, 0.4) is 0 Å². The van der Waals surface area contributed by atoms with E-state index in [1.54, 1.807) is 13.8 Å². The van der Waals surface area contributed by atoms with Crippen molar-refractivity contribution >= 4 is 25.8 Å². The number of nitrogens with zero attached hydrogens (tertiary/aromatic N) is 1. The lowest BCUT2D eigenvalue weighted by molar-refractivity contribution is -0.141. The first kappa shape index (κ1) is 16.3. The molecule has 0 saturated carbocycles. The summed E-state index contributed by atoms with van der Waals surface area (Å²) in [7, 11) is -6.60. The van der Waals surface area contributed by atoms with E-state index in [1.165, 1.54) is 0 Å². The van der Waals surface area contributed by atoms with Crippen molar-refractivity contribution in [3.8, 4) is 0 Å². The van der Waals surface area contributed by atoms with Crippen molar-refractivity contribution < 1.29 is 26.4 Å². The minimum Gasteiger partial charge on any atom is -0.468 e. The number of methoxy groups -OCH3 is 1. The van der Waals surface area contributed by atoms with Gasteiger partial charge in [-0.05, 0) is 13.8 Å². The predicted octanol–water partition coefficient (Wildman–Crippen LogP) is -0.798. The third kappa shape index (κ3) is 5.99. The van der Waals surface area contributed by atoms with Gasteiger partial charge in [-0.1, -0.05) is 0 Å². The van der Waals surface area contributed by atoms with Crippen molar-refractivity contribution in [3.63, 3.8) is 0 Å². The molecule has 9 heteroatoms. The van der Waals surface area contributed by atoms with Crippen LogP contribution in [-0.4, -0.2) is 58.1 Å². The van der Waals surface area contributed by atoms with Gasteiger partial charge in [-0.15, -0.1) is 0 Å². The van der Waals surface area contributed by atoms with E-state index < -0.39 is 43.5 Å². The molecule has 0 heterocycles. The van der Waals surface area contributed by atoms with Crippen molar-refractivity contribution in [1.29, 1.82) is 0 Å². The number of sulfone groups is 1. The molecule has 0 aromatic heterocycles. The molecule has 0 radical (unpaired) electrons. The summed E-state index contributed by atoms with van der Waals surface area (Å²) in [6.45, 7) is 2.59. The maximum absolute atomic E-state index is 11.8. The second kappa shape index (κ2) is 5.78. The molecule has 0 aliphatic carbocycles. The Morgan fingerprint density at radius 3 is 2.00 bits per heavy atom. The molecule has 0 unspecified atom stereocenters. The fourth-order valence-electron chi connectivity index (χ4n) is 1.13. The molecule has 0 aliphatic rings.